The van der Waals surface area contributed by atoms with Crippen LogP contribution in [0, 0.1) is 0 Å². The molecule has 3 nitrogen and oxygen atoms in total. The van der Waals surface area contributed by atoms with Crippen LogP contribution in [0.5, 0.6) is 0 Å². The van der Waals surface area contributed by atoms with Crippen LogP contribution in [0.25, 0.3) is 0 Å². The standard InChI is InChI=1S/C13H17N2OS/c14-10(8-13(16)15-11-6-7-11)9-17-12-4-2-1-3-5-12/h1-5,10-11,14H,6-9H2,(H,15,16)/t10-/m1/s1. The van der Waals surface area contributed by atoms with Crippen molar-refractivity contribution in [1.82, 2.24) is 11.1 Å². The van der Waals surface area contributed by atoms with E-state index in [1.165, 1.54) is 0 Å². The van der Waals surface area contributed by atoms with Gasteiger partial charge in [-0.15, -0.1) is 11.8 Å². The number of nitrogens with one attached hydrogen (secondary N) is 2. The molecule has 2 N–H and O–H groups in total. The van der Waals surface area contributed by atoms with Gasteiger partial charge in [-0.2, -0.15) is 0 Å². The number of benzene rings is 1. The Labute approximate surface area is 106 Å². The van der Waals surface area contributed by atoms with E-state index in [1.807, 2.05) is 30.3 Å². The predicted molar refractivity (Wildman–Crippen MR) is 69.8 cm³/mol. The van der Waals surface area contributed by atoms with Crippen LogP contribution < -0.4 is 11.1 Å². The van der Waals surface area contributed by atoms with Gasteiger partial charge in [0.05, 0.1) is 0 Å². The largest absolute Gasteiger partial charge is 0.353 e. The highest BCUT2D eigenvalue weighted by Gasteiger charge is 2.23. The summed E-state index contributed by atoms with van der Waals surface area (Å²) in [6.45, 7) is 0. The first-order valence-electron chi connectivity index (χ1n) is 5.92. The zero-order valence-electron chi connectivity index (χ0n) is 9.69. The minimum atomic E-state index is -0.320. The molecule has 1 radical (unpaired) electrons. The van der Waals surface area contributed by atoms with E-state index in [1.54, 1.807) is 11.8 Å². The molecule has 0 bridgehead atoms. The number of carbonyl (C=O) groups excluding carboxylic acids is 1. The summed E-state index contributed by atoms with van der Waals surface area (Å²) in [5.41, 5.74) is 7.83. The molecule has 1 atom stereocenters. The number of carbonyl (C=O) groups is 1. The zero-order chi connectivity index (χ0) is 12.1. The molecule has 91 valence electrons. The number of amides is 1. The fourth-order valence-electron chi connectivity index (χ4n) is 1.51. The Balaban J connectivity index is 1.66. The summed E-state index contributed by atoms with van der Waals surface area (Å²) < 4.78 is 0. The molecular formula is C13H17N2OS. The number of rotatable bonds is 6. The zero-order valence-corrected chi connectivity index (χ0v) is 10.5. The molecule has 17 heavy (non-hydrogen) atoms. The maximum atomic E-state index is 11.5. The van der Waals surface area contributed by atoms with Crippen LogP contribution in [-0.2, 0) is 4.79 Å². The van der Waals surface area contributed by atoms with Crippen LogP contribution in [0.3, 0.4) is 0 Å². The van der Waals surface area contributed by atoms with Crippen LogP contribution in [0.2, 0.25) is 0 Å². The Bertz CT molecular complexity index is 365. The summed E-state index contributed by atoms with van der Waals surface area (Å²) in [6, 6.07) is 10.1. The van der Waals surface area contributed by atoms with Crippen LogP contribution in [0.1, 0.15) is 19.3 Å². The third kappa shape index (κ3) is 4.79. The monoisotopic (exact) mass is 249 g/mol. The lowest BCUT2D eigenvalue weighted by atomic mass is 10.2. The van der Waals surface area contributed by atoms with Crippen LogP contribution in [-0.4, -0.2) is 23.7 Å². The van der Waals surface area contributed by atoms with Crippen LogP contribution in [0.4, 0.5) is 0 Å². The number of hydrogen-bond acceptors (Lipinski definition) is 2. The lowest BCUT2D eigenvalue weighted by molar-refractivity contribution is -0.121. The lowest BCUT2D eigenvalue weighted by Gasteiger charge is -2.10. The van der Waals surface area contributed by atoms with E-state index in [0.717, 1.165) is 17.7 Å². The van der Waals surface area contributed by atoms with Gasteiger partial charge >= 0.3 is 0 Å². The second-order valence-electron chi connectivity index (χ2n) is 4.37. The van der Waals surface area contributed by atoms with Gasteiger partial charge in [0.15, 0.2) is 0 Å². The highest BCUT2D eigenvalue weighted by atomic mass is 32.2. The highest BCUT2D eigenvalue weighted by Crippen LogP contribution is 2.20. The smallest absolute Gasteiger partial charge is 0.221 e. The Morgan fingerprint density at radius 1 is 1.41 bits per heavy atom. The third-order valence-electron chi connectivity index (χ3n) is 2.57. The van der Waals surface area contributed by atoms with Crippen LogP contribution in [0.15, 0.2) is 35.2 Å². The van der Waals surface area contributed by atoms with Gasteiger partial charge in [-0.3, -0.25) is 10.5 Å². The van der Waals surface area contributed by atoms with E-state index >= 15 is 0 Å². The second kappa shape index (κ2) is 6.07. The van der Waals surface area contributed by atoms with Crippen molar-refractivity contribution in [2.75, 3.05) is 5.75 Å². The first-order chi connectivity index (χ1) is 8.24. The Morgan fingerprint density at radius 2 is 2.12 bits per heavy atom. The molecule has 0 saturated heterocycles. The predicted octanol–water partition coefficient (Wildman–Crippen LogP) is 2.10. The second-order valence-corrected chi connectivity index (χ2v) is 5.46. The molecule has 1 fully saturated rings. The number of hydrogen-bond donors (Lipinski definition) is 1. The van der Waals surface area contributed by atoms with Gasteiger partial charge < -0.3 is 5.32 Å². The first-order valence-corrected chi connectivity index (χ1v) is 6.91. The minimum absolute atomic E-state index is 0.0289. The average Bonchev–Trinajstić information content (AvgIpc) is 3.11. The quantitative estimate of drug-likeness (QED) is 0.785. The summed E-state index contributed by atoms with van der Waals surface area (Å²) >= 11 is 1.64. The maximum Gasteiger partial charge on any atom is 0.221 e. The molecule has 4 heteroatoms. The van der Waals surface area contributed by atoms with Crippen molar-refractivity contribution in [1.29, 1.82) is 0 Å². The molecule has 0 unspecified atom stereocenters. The van der Waals surface area contributed by atoms with Gasteiger partial charge in [0, 0.05) is 29.2 Å². The maximum absolute atomic E-state index is 11.5. The molecule has 1 amide bonds. The fourth-order valence-corrected chi connectivity index (χ4v) is 2.37. The minimum Gasteiger partial charge on any atom is -0.353 e. The third-order valence-corrected chi connectivity index (χ3v) is 3.74. The fraction of sp³-hybridized carbons (Fsp3) is 0.462. The summed E-state index contributed by atoms with van der Waals surface area (Å²) in [5, 5.41) is 2.91. The van der Waals surface area contributed by atoms with Crippen molar-refractivity contribution in [3.05, 3.63) is 30.3 Å². The van der Waals surface area contributed by atoms with Crippen molar-refractivity contribution < 1.29 is 4.79 Å². The van der Waals surface area contributed by atoms with Gasteiger partial charge in [0.1, 0.15) is 0 Å². The van der Waals surface area contributed by atoms with Gasteiger partial charge in [0.2, 0.25) is 5.91 Å². The SMILES string of the molecule is [NH][C@@H](CSc1ccccc1)CC(=O)NC1CC1. The molecule has 2 rings (SSSR count). The highest BCUT2D eigenvalue weighted by molar-refractivity contribution is 7.99. The Morgan fingerprint density at radius 3 is 2.76 bits per heavy atom. The summed E-state index contributed by atoms with van der Waals surface area (Å²) in [7, 11) is 0. The lowest BCUT2D eigenvalue weighted by Crippen LogP contribution is -2.30. The summed E-state index contributed by atoms with van der Waals surface area (Å²) in [5.74, 6) is 0.698. The molecule has 1 aliphatic rings. The van der Waals surface area contributed by atoms with Crippen molar-refractivity contribution in [2.45, 2.75) is 36.2 Å². The van der Waals surface area contributed by atoms with E-state index in [2.05, 4.69) is 5.32 Å². The van der Waals surface area contributed by atoms with E-state index in [-0.39, 0.29) is 11.9 Å². The molecule has 1 aromatic rings. The number of thioether (sulfide) groups is 1. The van der Waals surface area contributed by atoms with Crippen molar-refractivity contribution in [3.63, 3.8) is 0 Å². The molecule has 0 heterocycles. The average molecular weight is 249 g/mol. The Hall–Kier alpha value is -1.00. The van der Waals surface area contributed by atoms with Crippen molar-refractivity contribution >= 4 is 17.7 Å². The van der Waals surface area contributed by atoms with E-state index in [9.17, 15) is 4.79 Å². The van der Waals surface area contributed by atoms with Gasteiger partial charge in [0.25, 0.3) is 0 Å². The molecule has 0 aromatic heterocycles. The molecule has 0 spiro atoms. The summed E-state index contributed by atoms with van der Waals surface area (Å²) in [6.07, 6.45) is 2.52. The molecule has 1 aromatic carbocycles. The van der Waals surface area contributed by atoms with E-state index < -0.39 is 0 Å². The normalized spacial score (nSPS) is 16.5. The van der Waals surface area contributed by atoms with E-state index in [4.69, 9.17) is 5.73 Å². The Kier molecular flexibility index (Phi) is 4.45. The van der Waals surface area contributed by atoms with Crippen LogP contribution >= 0.6 is 11.8 Å². The van der Waals surface area contributed by atoms with Gasteiger partial charge in [-0.1, -0.05) is 18.2 Å². The van der Waals surface area contributed by atoms with E-state index in [0.29, 0.717) is 18.2 Å². The van der Waals surface area contributed by atoms with Gasteiger partial charge in [-0.25, -0.2) is 0 Å². The molecule has 0 aliphatic heterocycles. The molecule has 1 aliphatic carbocycles. The van der Waals surface area contributed by atoms with Crippen molar-refractivity contribution in [3.8, 4) is 0 Å². The molecular weight excluding hydrogens is 232 g/mol. The summed E-state index contributed by atoms with van der Waals surface area (Å²) in [4.78, 5) is 12.6. The van der Waals surface area contributed by atoms with Crippen molar-refractivity contribution in [2.24, 2.45) is 0 Å². The molecule has 1 saturated carbocycles. The topological polar surface area (TPSA) is 52.9 Å². The first kappa shape index (κ1) is 12.5. The van der Waals surface area contributed by atoms with Gasteiger partial charge in [-0.05, 0) is 25.0 Å².